The van der Waals surface area contributed by atoms with Crippen LogP contribution in [-0.2, 0) is 4.74 Å². The van der Waals surface area contributed by atoms with Crippen LogP contribution >= 0.6 is 0 Å². The van der Waals surface area contributed by atoms with E-state index in [1.807, 2.05) is 0 Å². The number of hydrogen-bond acceptors (Lipinski definition) is 2. The smallest absolute Gasteiger partial charge is 0.0499 e. The molecular formula is C17H23NO. The summed E-state index contributed by atoms with van der Waals surface area (Å²) < 4.78 is 5.16. The Balaban J connectivity index is 2.02. The van der Waals surface area contributed by atoms with Crippen molar-refractivity contribution in [1.82, 2.24) is 5.32 Å². The zero-order valence-electron chi connectivity index (χ0n) is 12.0. The summed E-state index contributed by atoms with van der Waals surface area (Å²) in [5.41, 5.74) is 1.34. The normalized spacial score (nSPS) is 14.5. The molecule has 0 spiro atoms. The highest BCUT2D eigenvalue weighted by atomic mass is 16.5. The van der Waals surface area contributed by atoms with E-state index in [4.69, 9.17) is 4.74 Å². The molecule has 0 aliphatic heterocycles. The van der Waals surface area contributed by atoms with Crippen LogP contribution in [0.1, 0.15) is 25.5 Å². The Labute approximate surface area is 115 Å². The molecule has 2 atom stereocenters. The van der Waals surface area contributed by atoms with E-state index in [1.165, 1.54) is 16.3 Å². The van der Waals surface area contributed by atoms with Crippen LogP contribution in [0.3, 0.4) is 0 Å². The molecule has 0 aliphatic carbocycles. The highest BCUT2D eigenvalue weighted by Gasteiger charge is 2.08. The summed E-state index contributed by atoms with van der Waals surface area (Å²) in [5, 5.41) is 6.17. The van der Waals surface area contributed by atoms with Gasteiger partial charge in [0.1, 0.15) is 0 Å². The lowest BCUT2D eigenvalue weighted by molar-refractivity contribution is 0.157. The van der Waals surface area contributed by atoms with E-state index in [1.54, 1.807) is 7.11 Å². The van der Waals surface area contributed by atoms with Crippen LogP contribution in [0.4, 0.5) is 0 Å². The predicted octanol–water partition coefficient (Wildman–Crippen LogP) is 3.77. The third kappa shape index (κ3) is 3.79. The second-order valence-corrected chi connectivity index (χ2v) is 5.30. The van der Waals surface area contributed by atoms with Crippen LogP contribution in [0.25, 0.3) is 10.8 Å². The largest absolute Gasteiger partial charge is 0.384 e. The van der Waals surface area contributed by atoms with E-state index in [9.17, 15) is 0 Å². The molecule has 2 aromatic rings. The third-order valence-corrected chi connectivity index (χ3v) is 3.50. The van der Waals surface area contributed by atoms with Crippen LogP contribution in [0.5, 0.6) is 0 Å². The molecule has 0 heterocycles. The van der Waals surface area contributed by atoms with Crippen molar-refractivity contribution < 1.29 is 4.74 Å². The van der Waals surface area contributed by atoms with Gasteiger partial charge in [-0.2, -0.15) is 0 Å². The summed E-state index contributed by atoms with van der Waals surface area (Å²) in [6, 6.07) is 15.5. The van der Waals surface area contributed by atoms with E-state index in [0.717, 1.165) is 13.2 Å². The van der Waals surface area contributed by atoms with Gasteiger partial charge in [0, 0.05) is 26.3 Å². The number of hydrogen-bond donors (Lipinski definition) is 1. The van der Waals surface area contributed by atoms with Crippen molar-refractivity contribution in [3.05, 3.63) is 48.0 Å². The zero-order chi connectivity index (χ0) is 13.7. The number of ether oxygens (including phenoxy) is 1. The number of rotatable bonds is 6. The van der Waals surface area contributed by atoms with Crippen molar-refractivity contribution in [3.63, 3.8) is 0 Å². The molecular weight excluding hydrogens is 234 g/mol. The van der Waals surface area contributed by atoms with Gasteiger partial charge in [-0.3, -0.25) is 0 Å². The lowest BCUT2D eigenvalue weighted by atomic mass is 10.0. The Bertz CT molecular complexity index is 523. The summed E-state index contributed by atoms with van der Waals surface area (Å²) in [4.78, 5) is 0. The molecule has 2 nitrogen and oxygen atoms in total. The maximum atomic E-state index is 5.16. The van der Waals surface area contributed by atoms with Gasteiger partial charge in [0.05, 0.1) is 0 Å². The quantitative estimate of drug-likeness (QED) is 0.850. The molecule has 0 aromatic heterocycles. The average molecular weight is 257 g/mol. The van der Waals surface area contributed by atoms with E-state index >= 15 is 0 Å². The lowest BCUT2D eigenvalue weighted by Crippen LogP contribution is -2.26. The SMILES string of the molecule is COCC(C)CNC(C)c1ccc2ccccc2c1. The summed E-state index contributed by atoms with van der Waals surface area (Å²) in [7, 11) is 1.75. The molecule has 0 amide bonds. The van der Waals surface area contributed by atoms with Crippen LogP contribution < -0.4 is 5.32 Å². The van der Waals surface area contributed by atoms with Crippen molar-refractivity contribution in [2.45, 2.75) is 19.9 Å². The van der Waals surface area contributed by atoms with Gasteiger partial charge in [-0.1, -0.05) is 43.3 Å². The van der Waals surface area contributed by atoms with Crippen LogP contribution in [0.15, 0.2) is 42.5 Å². The maximum Gasteiger partial charge on any atom is 0.0499 e. The fraction of sp³-hybridized carbons (Fsp3) is 0.412. The molecule has 2 rings (SSSR count). The molecule has 1 N–H and O–H groups in total. The average Bonchev–Trinajstić information content (AvgIpc) is 2.44. The van der Waals surface area contributed by atoms with Gasteiger partial charge in [0.25, 0.3) is 0 Å². The van der Waals surface area contributed by atoms with Crippen molar-refractivity contribution >= 4 is 10.8 Å². The van der Waals surface area contributed by atoms with Gasteiger partial charge in [0.15, 0.2) is 0 Å². The molecule has 2 heteroatoms. The first-order valence-corrected chi connectivity index (χ1v) is 6.91. The fourth-order valence-corrected chi connectivity index (χ4v) is 2.32. The standard InChI is InChI=1S/C17H23NO/c1-13(12-19-3)11-18-14(2)16-9-8-15-6-4-5-7-17(15)10-16/h4-10,13-14,18H,11-12H2,1-3H3. The summed E-state index contributed by atoms with van der Waals surface area (Å²) in [6.07, 6.45) is 0. The molecule has 102 valence electrons. The zero-order valence-corrected chi connectivity index (χ0v) is 12.0. The van der Waals surface area contributed by atoms with Crippen LogP contribution in [-0.4, -0.2) is 20.3 Å². The molecule has 2 unspecified atom stereocenters. The third-order valence-electron chi connectivity index (χ3n) is 3.50. The highest BCUT2D eigenvalue weighted by molar-refractivity contribution is 5.83. The van der Waals surface area contributed by atoms with Gasteiger partial charge >= 0.3 is 0 Å². The minimum atomic E-state index is 0.365. The molecule has 0 fully saturated rings. The second kappa shape index (κ2) is 6.69. The molecule has 2 aromatic carbocycles. The number of methoxy groups -OCH3 is 1. The monoisotopic (exact) mass is 257 g/mol. The van der Waals surface area contributed by atoms with E-state index in [0.29, 0.717) is 12.0 Å². The molecule has 0 saturated carbocycles. The van der Waals surface area contributed by atoms with Crippen molar-refractivity contribution in [3.8, 4) is 0 Å². The Hall–Kier alpha value is -1.38. The fourth-order valence-electron chi connectivity index (χ4n) is 2.32. The lowest BCUT2D eigenvalue weighted by Gasteiger charge is -2.18. The van der Waals surface area contributed by atoms with Crippen molar-refractivity contribution in [1.29, 1.82) is 0 Å². The van der Waals surface area contributed by atoms with E-state index < -0.39 is 0 Å². The Morgan fingerprint density at radius 1 is 1.05 bits per heavy atom. The van der Waals surface area contributed by atoms with E-state index in [-0.39, 0.29) is 0 Å². The summed E-state index contributed by atoms with van der Waals surface area (Å²) in [5.74, 6) is 0.535. The van der Waals surface area contributed by atoms with Gasteiger partial charge in [-0.15, -0.1) is 0 Å². The Morgan fingerprint density at radius 3 is 2.53 bits per heavy atom. The molecule has 0 bridgehead atoms. The highest BCUT2D eigenvalue weighted by Crippen LogP contribution is 2.20. The first kappa shape index (κ1) is 14.0. The van der Waals surface area contributed by atoms with Gasteiger partial charge in [-0.25, -0.2) is 0 Å². The summed E-state index contributed by atoms with van der Waals surface area (Å²) >= 11 is 0. The van der Waals surface area contributed by atoms with Gasteiger partial charge in [0.2, 0.25) is 0 Å². The van der Waals surface area contributed by atoms with E-state index in [2.05, 4.69) is 61.6 Å². The minimum absolute atomic E-state index is 0.365. The minimum Gasteiger partial charge on any atom is -0.384 e. The van der Waals surface area contributed by atoms with Crippen molar-refractivity contribution in [2.24, 2.45) is 5.92 Å². The molecule has 0 aliphatic rings. The van der Waals surface area contributed by atoms with Crippen LogP contribution in [0.2, 0.25) is 0 Å². The predicted molar refractivity (Wildman–Crippen MR) is 81.4 cm³/mol. The number of nitrogens with one attached hydrogen (secondary N) is 1. The maximum absolute atomic E-state index is 5.16. The van der Waals surface area contributed by atoms with Crippen LogP contribution in [0, 0.1) is 5.92 Å². The van der Waals surface area contributed by atoms with Gasteiger partial charge < -0.3 is 10.1 Å². The Kier molecular flexibility index (Phi) is 4.94. The molecule has 0 radical (unpaired) electrons. The second-order valence-electron chi connectivity index (χ2n) is 5.30. The van der Waals surface area contributed by atoms with Crippen molar-refractivity contribution in [2.75, 3.05) is 20.3 Å². The number of fused-ring (bicyclic) bond motifs is 1. The molecule has 0 saturated heterocycles. The van der Waals surface area contributed by atoms with Gasteiger partial charge in [-0.05, 0) is 35.2 Å². The topological polar surface area (TPSA) is 21.3 Å². The number of benzene rings is 2. The Morgan fingerprint density at radius 2 is 1.79 bits per heavy atom. The molecule has 19 heavy (non-hydrogen) atoms. The first-order valence-electron chi connectivity index (χ1n) is 6.91. The first-order chi connectivity index (χ1) is 9.20. The summed E-state index contributed by atoms with van der Waals surface area (Å²) in [6.45, 7) is 6.19.